The van der Waals surface area contributed by atoms with Crippen molar-refractivity contribution in [1.29, 1.82) is 0 Å². The predicted molar refractivity (Wildman–Crippen MR) is 125 cm³/mol. The van der Waals surface area contributed by atoms with Crippen LogP contribution in [0.5, 0.6) is 0 Å². The third-order valence-corrected chi connectivity index (χ3v) is 6.01. The smallest absolute Gasteiger partial charge is 0.225 e. The van der Waals surface area contributed by atoms with Crippen LogP contribution in [0.25, 0.3) is 0 Å². The van der Waals surface area contributed by atoms with Crippen LogP contribution in [0, 0.1) is 0 Å². The lowest BCUT2D eigenvalue weighted by Crippen LogP contribution is -2.50. The number of halogens is 1. The molecule has 166 valence electrons. The maximum absolute atomic E-state index is 6.30. The zero-order valence-corrected chi connectivity index (χ0v) is 18.7. The van der Waals surface area contributed by atoms with Gasteiger partial charge in [0.25, 0.3) is 0 Å². The van der Waals surface area contributed by atoms with Gasteiger partial charge in [0.1, 0.15) is 5.82 Å². The van der Waals surface area contributed by atoms with E-state index in [2.05, 4.69) is 45.3 Å². The summed E-state index contributed by atoms with van der Waals surface area (Å²) in [5, 5.41) is 7.68. The Morgan fingerprint density at radius 3 is 2.58 bits per heavy atom. The molecule has 0 amide bonds. The highest BCUT2D eigenvalue weighted by Crippen LogP contribution is 2.25. The Bertz CT molecular complexity index is 855. The minimum absolute atomic E-state index is 0.318. The van der Waals surface area contributed by atoms with Crippen molar-refractivity contribution in [2.75, 3.05) is 69.2 Å². The molecule has 0 aliphatic carbocycles. The van der Waals surface area contributed by atoms with E-state index in [1.54, 1.807) is 18.6 Å². The first-order valence-corrected chi connectivity index (χ1v) is 11.2. The van der Waals surface area contributed by atoms with Crippen LogP contribution >= 0.6 is 11.6 Å². The molecule has 2 N–H and O–H groups in total. The van der Waals surface area contributed by atoms with E-state index in [4.69, 9.17) is 11.6 Å². The number of nitrogens with one attached hydrogen (secondary N) is 2. The number of hydrogen-bond acceptors (Lipinski definition) is 7. The third-order valence-electron chi connectivity index (χ3n) is 5.72. The van der Waals surface area contributed by atoms with Crippen molar-refractivity contribution in [3.05, 3.63) is 41.8 Å². The first-order chi connectivity index (χ1) is 15.2. The summed E-state index contributed by atoms with van der Waals surface area (Å²) >= 11 is 6.30. The minimum atomic E-state index is 0.318. The fourth-order valence-electron chi connectivity index (χ4n) is 4.03. The average molecular weight is 444 g/mol. The van der Waals surface area contributed by atoms with E-state index in [9.17, 15) is 0 Å². The molecule has 2 aromatic heterocycles. The lowest BCUT2D eigenvalue weighted by molar-refractivity contribution is 0.260. The number of pyridine rings is 1. The molecule has 0 saturated carbocycles. The topological polar surface area (TPSA) is 84.8 Å². The molecule has 0 bridgehead atoms. The summed E-state index contributed by atoms with van der Waals surface area (Å²) in [6.07, 6.45) is 6.41. The summed E-state index contributed by atoms with van der Waals surface area (Å²) in [5.41, 5.74) is 0. The summed E-state index contributed by atoms with van der Waals surface area (Å²) in [7, 11) is 1.82. The third kappa shape index (κ3) is 5.74. The van der Waals surface area contributed by atoms with Crippen LogP contribution < -0.4 is 20.4 Å². The van der Waals surface area contributed by atoms with E-state index in [0.29, 0.717) is 11.1 Å². The lowest BCUT2D eigenvalue weighted by atomic mass is 10.3. The van der Waals surface area contributed by atoms with Gasteiger partial charge in [0, 0.05) is 84.0 Å². The van der Waals surface area contributed by atoms with Crippen LogP contribution in [0.4, 0.5) is 11.8 Å². The van der Waals surface area contributed by atoms with E-state index in [1.807, 2.05) is 25.2 Å². The van der Waals surface area contributed by atoms with Gasteiger partial charge < -0.3 is 20.4 Å². The molecule has 2 aliphatic heterocycles. The Hall–Kier alpha value is -2.65. The van der Waals surface area contributed by atoms with Crippen molar-refractivity contribution in [2.45, 2.75) is 12.5 Å². The first-order valence-electron chi connectivity index (χ1n) is 10.8. The molecule has 31 heavy (non-hydrogen) atoms. The molecule has 9 nitrogen and oxygen atoms in total. The maximum atomic E-state index is 6.30. The molecular formula is C21H30ClN9. The quantitative estimate of drug-likeness (QED) is 0.507. The second-order valence-electron chi connectivity index (χ2n) is 7.76. The van der Waals surface area contributed by atoms with Crippen LogP contribution in [0.3, 0.4) is 0 Å². The van der Waals surface area contributed by atoms with Gasteiger partial charge in [-0.3, -0.25) is 9.89 Å². The van der Waals surface area contributed by atoms with Gasteiger partial charge in [0.05, 0.1) is 5.02 Å². The number of piperazine rings is 1. The molecule has 4 rings (SSSR count). The molecule has 0 aromatic carbocycles. The Labute approximate surface area is 188 Å². The van der Waals surface area contributed by atoms with Gasteiger partial charge in [-0.15, -0.1) is 0 Å². The molecular weight excluding hydrogens is 414 g/mol. The molecule has 2 aliphatic rings. The van der Waals surface area contributed by atoms with Crippen molar-refractivity contribution in [3.8, 4) is 0 Å². The number of hydrogen-bond donors (Lipinski definition) is 2. The highest BCUT2D eigenvalue weighted by Gasteiger charge is 2.25. The summed E-state index contributed by atoms with van der Waals surface area (Å²) < 4.78 is 0. The van der Waals surface area contributed by atoms with E-state index < -0.39 is 0 Å². The van der Waals surface area contributed by atoms with Crippen molar-refractivity contribution >= 4 is 29.3 Å². The number of anilines is 2. The van der Waals surface area contributed by atoms with Crippen molar-refractivity contribution in [1.82, 2.24) is 30.5 Å². The number of guanidine groups is 1. The van der Waals surface area contributed by atoms with Gasteiger partial charge in [-0.2, -0.15) is 0 Å². The second kappa shape index (κ2) is 10.6. The SMILES string of the molecule is CN=C(NCCN1CCN(c2ncccn2)CC1)NC1CCN(c2ncccc2Cl)C1. The Kier molecular flexibility index (Phi) is 7.37. The van der Waals surface area contributed by atoms with Crippen LogP contribution in [0.15, 0.2) is 41.8 Å². The molecule has 1 unspecified atom stereocenters. The van der Waals surface area contributed by atoms with Gasteiger partial charge in [-0.05, 0) is 24.6 Å². The van der Waals surface area contributed by atoms with E-state index in [0.717, 1.165) is 76.5 Å². The molecule has 10 heteroatoms. The van der Waals surface area contributed by atoms with Crippen LogP contribution in [0.1, 0.15) is 6.42 Å². The number of rotatable bonds is 6. The molecule has 2 aromatic rings. The predicted octanol–water partition coefficient (Wildman–Crippen LogP) is 1.09. The Balaban J connectivity index is 1.17. The lowest BCUT2D eigenvalue weighted by Gasteiger charge is -2.34. The summed E-state index contributed by atoms with van der Waals surface area (Å²) in [4.78, 5) is 24.4. The normalized spacial score (nSPS) is 20.2. The Morgan fingerprint density at radius 2 is 1.84 bits per heavy atom. The summed E-state index contributed by atoms with van der Waals surface area (Å²) in [5.74, 6) is 2.52. The zero-order valence-electron chi connectivity index (χ0n) is 17.9. The zero-order chi connectivity index (χ0) is 21.5. The maximum Gasteiger partial charge on any atom is 0.225 e. The van der Waals surface area contributed by atoms with Crippen molar-refractivity contribution in [3.63, 3.8) is 0 Å². The van der Waals surface area contributed by atoms with Crippen LogP contribution in [0.2, 0.25) is 5.02 Å². The first kappa shape index (κ1) is 21.6. The van der Waals surface area contributed by atoms with Gasteiger partial charge in [0.2, 0.25) is 5.95 Å². The second-order valence-corrected chi connectivity index (χ2v) is 8.17. The highest BCUT2D eigenvalue weighted by atomic mass is 35.5. The number of aliphatic imine (C=N–C) groups is 1. The minimum Gasteiger partial charge on any atom is -0.355 e. The molecule has 2 saturated heterocycles. The molecule has 0 spiro atoms. The molecule has 4 heterocycles. The van der Waals surface area contributed by atoms with Gasteiger partial charge >= 0.3 is 0 Å². The van der Waals surface area contributed by atoms with Gasteiger partial charge in [-0.1, -0.05) is 11.6 Å². The largest absolute Gasteiger partial charge is 0.355 e. The van der Waals surface area contributed by atoms with Gasteiger partial charge in [0.15, 0.2) is 5.96 Å². The van der Waals surface area contributed by atoms with Crippen molar-refractivity contribution in [2.24, 2.45) is 4.99 Å². The van der Waals surface area contributed by atoms with E-state index >= 15 is 0 Å². The van der Waals surface area contributed by atoms with Crippen LogP contribution in [-0.2, 0) is 0 Å². The summed E-state index contributed by atoms with van der Waals surface area (Å²) in [6, 6.07) is 5.92. The fraction of sp³-hybridized carbons (Fsp3) is 0.524. The number of nitrogens with zero attached hydrogens (tertiary/aromatic N) is 7. The van der Waals surface area contributed by atoms with E-state index in [-0.39, 0.29) is 0 Å². The van der Waals surface area contributed by atoms with E-state index in [1.165, 1.54) is 0 Å². The molecule has 2 fully saturated rings. The monoisotopic (exact) mass is 443 g/mol. The van der Waals surface area contributed by atoms with Crippen molar-refractivity contribution < 1.29 is 0 Å². The Morgan fingerprint density at radius 1 is 1.06 bits per heavy atom. The standard InChI is InChI=1S/C21H30ClN9/c1-23-20(28-17-5-10-31(16-17)19-18(22)4-2-6-24-19)25-9-11-29-12-14-30(15-13-29)21-26-7-3-8-27-21/h2-4,6-8,17H,5,9-16H2,1H3,(H2,23,25,28). The molecule has 0 radical (unpaired) electrons. The number of aromatic nitrogens is 3. The fourth-order valence-corrected chi connectivity index (χ4v) is 4.27. The van der Waals surface area contributed by atoms with Crippen LogP contribution in [-0.4, -0.2) is 91.3 Å². The van der Waals surface area contributed by atoms with Gasteiger partial charge in [-0.25, -0.2) is 15.0 Å². The highest BCUT2D eigenvalue weighted by molar-refractivity contribution is 6.32. The molecule has 1 atom stereocenters. The summed E-state index contributed by atoms with van der Waals surface area (Å²) in [6.45, 7) is 7.54. The average Bonchev–Trinajstić information content (AvgIpc) is 3.28.